The zero-order valence-corrected chi connectivity index (χ0v) is 21.3. The number of benzene rings is 7. The van der Waals surface area contributed by atoms with Gasteiger partial charge in [0.2, 0.25) is 0 Å². The van der Waals surface area contributed by atoms with Crippen LogP contribution in [-0.4, -0.2) is 0 Å². The summed E-state index contributed by atoms with van der Waals surface area (Å²) >= 11 is 0. The third-order valence-electron chi connectivity index (χ3n) is 7.86. The van der Waals surface area contributed by atoms with Crippen molar-refractivity contribution in [1.82, 2.24) is 0 Å². The smallest absolute Gasteiger partial charge is 0.136 e. The van der Waals surface area contributed by atoms with Gasteiger partial charge in [-0.2, -0.15) is 0 Å². The Morgan fingerprint density at radius 3 is 1.41 bits per heavy atom. The summed E-state index contributed by atoms with van der Waals surface area (Å²) in [6.45, 7) is 0. The van der Waals surface area contributed by atoms with E-state index in [4.69, 9.17) is 4.42 Å². The fourth-order valence-electron chi connectivity index (χ4n) is 6.17. The third-order valence-corrected chi connectivity index (χ3v) is 7.86. The number of para-hydroxylation sites is 1. The highest BCUT2D eigenvalue weighted by Crippen LogP contribution is 2.47. The van der Waals surface area contributed by atoms with Crippen LogP contribution in [0.3, 0.4) is 0 Å². The molecule has 0 amide bonds. The van der Waals surface area contributed by atoms with Crippen molar-refractivity contribution in [2.45, 2.75) is 0 Å². The van der Waals surface area contributed by atoms with E-state index in [1.807, 2.05) is 6.07 Å². The highest BCUT2D eigenvalue weighted by Gasteiger charge is 2.20. The lowest BCUT2D eigenvalue weighted by atomic mass is 9.83. The molecule has 39 heavy (non-hydrogen) atoms. The van der Waals surface area contributed by atoms with E-state index in [0.717, 1.165) is 21.9 Å². The Kier molecular flexibility index (Phi) is 4.89. The summed E-state index contributed by atoms with van der Waals surface area (Å²) in [5.41, 5.74) is 9.15. The van der Waals surface area contributed by atoms with Crippen LogP contribution in [0.4, 0.5) is 0 Å². The Labute approximate surface area is 226 Å². The molecule has 1 aromatic heterocycles. The van der Waals surface area contributed by atoms with Crippen LogP contribution in [0.5, 0.6) is 0 Å². The van der Waals surface area contributed by atoms with Gasteiger partial charge < -0.3 is 4.42 Å². The number of hydrogen-bond acceptors (Lipinski definition) is 1. The van der Waals surface area contributed by atoms with Gasteiger partial charge >= 0.3 is 0 Å². The molecule has 7 aromatic carbocycles. The van der Waals surface area contributed by atoms with Crippen LogP contribution in [0, 0.1) is 0 Å². The SMILES string of the molecule is c1ccc(-c2cc3c(cc2-c2c4ccccc4c(-c4ccccc4)c4ccccc24)oc2ccccc23)cc1. The van der Waals surface area contributed by atoms with Gasteiger partial charge in [-0.3, -0.25) is 0 Å². The van der Waals surface area contributed by atoms with Crippen LogP contribution in [0.25, 0.3) is 76.9 Å². The van der Waals surface area contributed by atoms with E-state index >= 15 is 0 Å². The van der Waals surface area contributed by atoms with E-state index in [2.05, 4.69) is 140 Å². The minimum atomic E-state index is 0.908. The molecule has 1 nitrogen and oxygen atoms in total. The zero-order valence-electron chi connectivity index (χ0n) is 21.3. The van der Waals surface area contributed by atoms with Gasteiger partial charge in [-0.05, 0) is 73.1 Å². The quantitative estimate of drug-likeness (QED) is 0.222. The van der Waals surface area contributed by atoms with Gasteiger partial charge in [-0.15, -0.1) is 0 Å². The van der Waals surface area contributed by atoms with Crippen molar-refractivity contribution in [2.24, 2.45) is 0 Å². The van der Waals surface area contributed by atoms with Gasteiger partial charge in [0, 0.05) is 10.8 Å². The van der Waals surface area contributed by atoms with Crippen LogP contribution in [-0.2, 0) is 0 Å². The largest absolute Gasteiger partial charge is 0.456 e. The van der Waals surface area contributed by atoms with Gasteiger partial charge in [0.25, 0.3) is 0 Å². The highest BCUT2D eigenvalue weighted by molar-refractivity contribution is 6.23. The first-order valence-electron chi connectivity index (χ1n) is 13.4. The van der Waals surface area contributed by atoms with Gasteiger partial charge in [0.1, 0.15) is 11.2 Å². The topological polar surface area (TPSA) is 13.1 Å². The summed E-state index contributed by atoms with van der Waals surface area (Å²) in [5.74, 6) is 0. The molecule has 0 atom stereocenters. The lowest BCUT2D eigenvalue weighted by Gasteiger charge is -2.19. The zero-order chi connectivity index (χ0) is 25.8. The summed E-state index contributed by atoms with van der Waals surface area (Å²) in [6, 6.07) is 52.0. The Morgan fingerprint density at radius 1 is 0.308 bits per heavy atom. The lowest BCUT2D eigenvalue weighted by Crippen LogP contribution is -1.93. The number of fused-ring (bicyclic) bond motifs is 5. The molecule has 182 valence electrons. The fourth-order valence-corrected chi connectivity index (χ4v) is 6.17. The molecule has 0 unspecified atom stereocenters. The average Bonchev–Trinajstić information content (AvgIpc) is 3.37. The minimum Gasteiger partial charge on any atom is -0.456 e. The maximum absolute atomic E-state index is 6.42. The summed E-state index contributed by atoms with van der Waals surface area (Å²) < 4.78 is 6.42. The van der Waals surface area contributed by atoms with Gasteiger partial charge in [-0.25, -0.2) is 0 Å². The molecule has 0 N–H and O–H groups in total. The van der Waals surface area contributed by atoms with E-state index in [9.17, 15) is 0 Å². The van der Waals surface area contributed by atoms with E-state index in [-0.39, 0.29) is 0 Å². The second-order valence-corrected chi connectivity index (χ2v) is 10.1. The van der Waals surface area contributed by atoms with Crippen LogP contribution in [0.2, 0.25) is 0 Å². The maximum Gasteiger partial charge on any atom is 0.136 e. The lowest BCUT2D eigenvalue weighted by molar-refractivity contribution is 0.669. The summed E-state index contributed by atoms with van der Waals surface area (Å²) in [6.07, 6.45) is 0. The van der Waals surface area contributed by atoms with Crippen molar-refractivity contribution in [3.8, 4) is 33.4 Å². The van der Waals surface area contributed by atoms with Crippen molar-refractivity contribution < 1.29 is 4.42 Å². The first kappa shape index (κ1) is 21.9. The Bertz CT molecular complexity index is 2090. The van der Waals surface area contributed by atoms with Crippen LogP contribution in [0.1, 0.15) is 0 Å². The van der Waals surface area contributed by atoms with E-state index in [0.29, 0.717) is 0 Å². The Balaban J connectivity index is 1.57. The Hall–Kier alpha value is -5.14. The van der Waals surface area contributed by atoms with Crippen molar-refractivity contribution >= 4 is 43.5 Å². The highest BCUT2D eigenvalue weighted by atomic mass is 16.3. The maximum atomic E-state index is 6.42. The molecule has 8 aromatic rings. The molecular formula is C38H24O. The molecule has 0 spiro atoms. The van der Waals surface area contributed by atoms with E-state index < -0.39 is 0 Å². The average molecular weight is 497 g/mol. The summed E-state index contributed by atoms with van der Waals surface area (Å²) in [4.78, 5) is 0. The molecule has 0 fully saturated rings. The molecule has 0 saturated carbocycles. The van der Waals surface area contributed by atoms with E-state index in [1.54, 1.807) is 0 Å². The molecule has 0 aliphatic rings. The van der Waals surface area contributed by atoms with Gasteiger partial charge in [-0.1, -0.05) is 127 Å². The van der Waals surface area contributed by atoms with Crippen molar-refractivity contribution in [3.63, 3.8) is 0 Å². The summed E-state index contributed by atoms with van der Waals surface area (Å²) in [7, 11) is 0. The molecule has 1 heteroatoms. The molecule has 0 saturated heterocycles. The van der Waals surface area contributed by atoms with Crippen LogP contribution < -0.4 is 0 Å². The number of rotatable bonds is 3. The monoisotopic (exact) mass is 496 g/mol. The summed E-state index contributed by atoms with van der Waals surface area (Å²) in [5, 5.41) is 7.26. The normalized spacial score (nSPS) is 11.6. The molecule has 0 bridgehead atoms. The van der Waals surface area contributed by atoms with Crippen LogP contribution >= 0.6 is 0 Å². The number of hydrogen-bond donors (Lipinski definition) is 0. The molecule has 0 aliphatic carbocycles. The van der Waals surface area contributed by atoms with Crippen molar-refractivity contribution in [1.29, 1.82) is 0 Å². The van der Waals surface area contributed by atoms with Gasteiger partial charge in [0.05, 0.1) is 0 Å². The Morgan fingerprint density at radius 2 is 0.795 bits per heavy atom. The second kappa shape index (κ2) is 8.72. The molecule has 0 radical (unpaired) electrons. The van der Waals surface area contributed by atoms with Gasteiger partial charge in [0.15, 0.2) is 0 Å². The molecular weight excluding hydrogens is 472 g/mol. The van der Waals surface area contributed by atoms with Crippen molar-refractivity contribution in [2.75, 3.05) is 0 Å². The fraction of sp³-hybridized carbons (Fsp3) is 0. The third kappa shape index (κ3) is 3.41. The first-order valence-corrected chi connectivity index (χ1v) is 13.4. The minimum absolute atomic E-state index is 0.908. The predicted octanol–water partition coefficient (Wildman–Crippen LogP) is 10.9. The predicted molar refractivity (Wildman–Crippen MR) is 165 cm³/mol. The van der Waals surface area contributed by atoms with Crippen LogP contribution in [0.15, 0.2) is 150 Å². The molecule has 0 aliphatic heterocycles. The molecule has 8 rings (SSSR count). The first-order chi connectivity index (χ1) is 19.4. The number of furan rings is 1. The van der Waals surface area contributed by atoms with Crippen molar-refractivity contribution in [3.05, 3.63) is 146 Å². The molecule has 1 heterocycles. The van der Waals surface area contributed by atoms with E-state index in [1.165, 1.54) is 54.9 Å². The second-order valence-electron chi connectivity index (χ2n) is 10.1. The standard InChI is InChI=1S/C38H24O/c1-3-13-25(14-4-1)32-23-33-27-17-11-12-22-35(27)39-36(33)24-34(32)38-30-20-9-7-18-28(30)37(26-15-5-2-6-16-26)29-19-8-10-21-31(29)38/h1-24H.